The van der Waals surface area contributed by atoms with Crippen molar-refractivity contribution in [3.05, 3.63) is 71.4 Å². The van der Waals surface area contributed by atoms with E-state index >= 15 is 0 Å². The zero-order valence-corrected chi connectivity index (χ0v) is 14.5. The van der Waals surface area contributed by atoms with Gasteiger partial charge in [-0.25, -0.2) is 4.98 Å². The molecule has 0 aliphatic carbocycles. The average Bonchev–Trinajstić information content (AvgIpc) is 2.96. The van der Waals surface area contributed by atoms with Crippen LogP contribution in [0.2, 0.25) is 0 Å². The van der Waals surface area contributed by atoms with E-state index in [1.165, 1.54) is 11.1 Å². The molecule has 4 heteroatoms. The highest BCUT2D eigenvalue weighted by molar-refractivity contribution is 5.58. The van der Waals surface area contributed by atoms with E-state index in [4.69, 9.17) is 9.40 Å². The molecular weight excluding hydrogens is 298 g/mol. The number of pyridine rings is 1. The van der Waals surface area contributed by atoms with Crippen LogP contribution in [0.5, 0.6) is 0 Å². The second kappa shape index (κ2) is 7.41. The molecule has 0 saturated heterocycles. The first-order valence-electron chi connectivity index (χ1n) is 8.31. The summed E-state index contributed by atoms with van der Waals surface area (Å²) in [6.07, 6.45) is 3.67. The molecular formula is C20H23N3O. The molecule has 0 fully saturated rings. The van der Waals surface area contributed by atoms with E-state index in [9.17, 15) is 0 Å². The molecule has 0 spiro atoms. The summed E-state index contributed by atoms with van der Waals surface area (Å²) in [4.78, 5) is 11.2. The molecule has 0 bridgehead atoms. The SMILES string of the molecule is CCN(Cc1ccncc1)Cc1nc(-c2ccccc2C)oc1C. The predicted octanol–water partition coefficient (Wildman–Crippen LogP) is 4.38. The van der Waals surface area contributed by atoms with Crippen LogP contribution in [0, 0.1) is 13.8 Å². The minimum Gasteiger partial charge on any atom is -0.441 e. The molecule has 24 heavy (non-hydrogen) atoms. The Labute approximate surface area is 143 Å². The van der Waals surface area contributed by atoms with Crippen molar-refractivity contribution >= 4 is 0 Å². The summed E-state index contributed by atoms with van der Waals surface area (Å²) in [7, 11) is 0. The number of aromatic nitrogens is 2. The number of aryl methyl sites for hydroxylation is 2. The lowest BCUT2D eigenvalue weighted by Gasteiger charge is -2.19. The van der Waals surface area contributed by atoms with E-state index < -0.39 is 0 Å². The van der Waals surface area contributed by atoms with Crippen LogP contribution < -0.4 is 0 Å². The third kappa shape index (κ3) is 3.71. The minimum absolute atomic E-state index is 0.709. The van der Waals surface area contributed by atoms with E-state index in [0.29, 0.717) is 5.89 Å². The van der Waals surface area contributed by atoms with Gasteiger partial charge in [0.05, 0.1) is 5.69 Å². The van der Waals surface area contributed by atoms with Gasteiger partial charge in [0.15, 0.2) is 0 Å². The molecule has 0 atom stereocenters. The summed E-state index contributed by atoms with van der Waals surface area (Å²) in [6.45, 7) is 8.85. The highest BCUT2D eigenvalue weighted by Gasteiger charge is 2.15. The van der Waals surface area contributed by atoms with Crippen LogP contribution in [0.25, 0.3) is 11.5 Å². The van der Waals surface area contributed by atoms with Crippen LogP contribution in [0.4, 0.5) is 0 Å². The maximum atomic E-state index is 5.93. The van der Waals surface area contributed by atoms with Crippen molar-refractivity contribution in [2.24, 2.45) is 0 Å². The molecule has 0 unspecified atom stereocenters. The standard InChI is InChI=1S/C20H23N3O/c1-4-23(13-17-9-11-21-12-10-17)14-19-16(3)24-20(22-19)18-8-6-5-7-15(18)2/h5-12H,4,13-14H2,1-3H3. The fourth-order valence-electron chi connectivity index (χ4n) is 2.74. The van der Waals surface area contributed by atoms with Gasteiger partial charge in [-0.1, -0.05) is 25.1 Å². The van der Waals surface area contributed by atoms with Crippen molar-refractivity contribution < 1.29 is 4.42 Å². The molecule has 0 radical (unpaired) electrons. The summed E-state index contributed by atoms with van der Waals surface area (Å²) in [5, 5.41) is 0. The maximum absolute atomic E-state index is 5.93. The Bertz CT molecular complexity index is 796. The second-order valence-corrected chi connectivity index (χ2v) is 6.00. The van der Waals surface area contributed by atoms with Crippen molar-refractivity contribution in [1.82, 2.24) is 14.9 Å². The first-order valence-corrected chi connectivity index (χ1v) is 8.31. The normalized spacial score (nSPS) is 11.2. The summed E-state index contributed by atoms with van der Waals surface area (Å²) < 4.78 is 5.93. The molecule has 2 heterocycles. The Kier molecular flexibility index (Phi) is 5.06. The first-order chi connectivity index (χ1) is 11.7. The second-order valence-electron chi connectivity index (χ2n) is 6.00. The van der Waals surface area contributed by atoms with Gasteiger partial charge in [-0.05, 0) is 49.7 Å². The number of benzene rings is 1. The minimum atomic E-state index is 0.709. The molecule has 124 valence electrons. The van der Waals surface area contributed by atoms with Gasteiger partial charge in [0, 0.05) is 31.0 Å². The molecule has 0 N–H and O–H groups in total. The van der Waals surface area contributed by atoms with E-state index in [0.717, 1.165) is 36.7 Å². The van der Waals surface area contributed by atoms with Gasteiger partial charge in [-0.2, -0.15) is 0 Å². The number of nitrogens with zero attached hydrogens (tertiary/aromatic N) is 3. The number of hydrogen-bond acceptors (Lipinski definition) is 4. The molecule has 0 aliphatic rings. The lowest BCUT2D eigenvalue weighted by atomic mass is 10.1. The Hall–Kier alpha value is -2.46. The number of rotatable bonds is 6. The Balaban J connectivity index is 1.78. The van der Waals surface area contributed by atoms with Gasteiger partial charge >= 0.3 is 0 Å². The van der Waals surface area contributed by atoms with E-state index in [-0.39, 0.29) is 0 Å². The fourth-order valence-corrected chi connectivity index (χ4v) is 2.74. The van der Waals surface area contributed by atoms with Crippen molar-refractivity contribution in [2.45, 2.75) is 33.9 Å². The molecule has 2 aromatic heterocycles. The predicted molar refractivity (Wildman–Crippen MR) is 95.4 cm³/mol. The summed E-state index contributed by atoms with van der Waals surface area (Å²) in [5.41, 5.74) is 4.50. The van der Waals surface area contributed by atoms with Crippen LogP contribution >= 0.6 is 0 Å². The molecule has 1 aromatic carbocycles. The smallest absolute Gasteiger partial charge is 0.226 e. The van der Waals surface area contributed by atoms with Crippen LogP contribution in [0.1, 0.15) is 29.5 Å². The van der Waals surface area contributed by atoms with Gasteiger partial charge in [0.1, 0.15) is 5.76 Å². The van der Waals surface area contributed by atoms with Crippen LogP contribution in [0.3, 0.4) is 0 Å². The first kappa shape index (κ1) is 16.4. The molecule has 0 amide bonds. The quantitative estimate of drug-likeness (QED) is 0.676. The third-order valence-corrected chi connectivity index (χ3v) is 4.24. The average molecular weight is 321 g/mol. The summed E-state index contributed by atoms with van der Waals surface area (Å²) >= 11 is 0. The zero-order chi connectivity index (χ0) is 16.9. The van der Waals surface area contributed by atoms with Crippen molar-refractivity contribution in [2.75, 3.05) is 6.54 Å². The lowest BCUT2D eigenvalue weighted by molar-refractivity contribution is 0.267. The fraction of sp³-hybridized carbons (Fsp3) is 0.300. The van der Waals surface area contributed by atoms with Gasteiger partial charge in [0.25, 0.3) is 0 Å². The van der Waals surface area contributed by atoms with E-state index in [1.807, 2.05) is 31.5 Å². The van der Waals surface area contributed by atoms with Crippen LogP contribution in [0.15, 0.2) is 53.2 Å². The van der Waals surface area contributed by atoms with E-state index in [2.05, 4.69) is 48.0 Å². The van der Waals surface area contributed by atoms with Gasteiger partial charge in [-0.15, -0.1) is 0 Å². The topological polar surface area (TPSA) is 42.2 Å². The zero-order valence-electron chi connectivity index (χ0n) is 14.5. The molecule has 0 saturated carbocycles. The summed E-state index contributed by atoms with van der Waals surface area (Å²) in [6, 6.07) is 12.3. The molecule has 4 nitrogen and oxygen atoms in total. The Morgan fingerprint density at radius 3 is 2.46 bits per heavy atom. The third-order valence-electron chi connectivity index (χ3n) is 4.24. The molecule has 3 aromatic rings. The summed E-state index contributed by atoms with van der Waals surface area (Å²) in [5.74, 6) is 1.60. The van der Waals surface area contributed by atoms with Crippen molar-refractivity contribution in [3.63, 3.8) is 0 Å². The van der Waals surface area contributed by atoms with Crippen molar-refractivity contribution in [1.29, 1.82) is 0 Å². The largest absolute Gasteiger partial charge is 0.441 e. The highest BCUT2D eigenvalue weighted by atomic mass is 16.4. The van der Waals surface area contributed by atoms with E-state index in [1.54, 1.807) is 0 Å². The van der Waals surface area contributed by atoms with Gasteiger partial charge in [-0.3, -0.25) is 9.88 Å². The number of hydrogen-bond donors (Lipinski definition) is 0. The highest BCUT2D eigenvalue weighted by Crippen LogP contribution is 2.25. The van der Waals surface area contributed by atoms with Crippen LogP contribution in [-0.2, 0) is 13.1 Å². The van der Waals surface area contributed by atoms with Gasteiger partial charge < -0.3 is 4.42 Å². The monoisotopic (exact) mass is 321 g/mol. The molecule has 0 aliphatic heterocycles. The Morgan fingerprint density at radius 2 is 1.75 bits per heavy atom. The van der Waals surface area contributed by atoms with Gasteiger partial charge in [0.2, 0.25) is 5.89 Å². The van der Waals surface area contributed by atoms with Crippen LogP contribution in [-0.4, -0.2) is 21.4 Å². The Morgan fingerprint density at radius 1 is 1.00 bits per heavy atom. The number of oxazole rings is 1. The molecule has 3 rings (SSSR count). The van der Waals surface area contributed by atoms with Crippen molar-refractivity contribution in [3.8, 4) is 11.5 Å². The maximum Gasteiger partial charge on any atom is 0.226 e. The lowest BCUT2D eigenvalue weighted by Crippen LogP contribution is -2.22.